The van der Waals surface area contributed by atoms with Crippen molar-refractivity contribution in [1.82, 2.24) is 30.4 Å². The number of benzene rings is 2. The number of nitrogens with zero attached hydrogens (tertiary/aromatic N) is 3. The molecule has 41 heavy (non-hydrogen) atoms. The van der Waals surface area contributed by atoms with E-state index in [0.29, 0.717) is 18.5 Å². The van der Waals surface area contributed by atoms with Gasteiger partial charge in [-0.25, -0.2) is 9.78 Å². The quantitative estimate of drug-likeness (QED) is 0.203. The van der Waals surface area contributed by atoms with Crippen LogP contribution in [0.4, 0.5) is 13.2 Å². The molecular weight excluding hydrogens is 537 g/mol. The number of fused-ring (bicyclic) bond motifs is 4. The van der Waals surface area contributed by atoms with Crippen molar-refractivity contribution in [2.24, 2.45) is 0 Å². The van der Waals surface area contributed by atoms with Crippen molar-refractivity contribution in [3.05, 3.63) is 95.4 Å². The van der Waals surface area contributed by atoms with Gasteiger partial charge in [-0.05, 0) is 35.6 Å². The highest BCUT2D eigenvalue weighted by molar-refractivity contribution is 5.90. The molecule has 4 heterocycles. The Kier molecular flexibility index (Phi) is 6.70. The van der Waals surface area contributed by atoms with E-state index in [0.717, 1.165) is 33.0 Å². The maximum Gasteiger partial charge on any atom is 0.491 e. The first-order chi connectivity index (χ1) is 19.8. The largest absolute Gasteiger partial charge is 0.491 e. The van der Waals surface area contributed by atoms with E-state index in [9.17, 15) is 22.8 Å². The molecule has 0 saturated heterocycles. The number of aromatic amines is 2. The lowest BCUT2D eigenvalue weighted by atomic mass is 9.95. The monoisotopic (exact) mass is 562 g/mol. The van der Waals surface area contributed by atoms with E-state index in [-0.39, 0.29) is 25.2 Å². The number of esters is 1. The van der Waals surface area contributed by atoms with Crippen LogP contribution in [0.5, 0.6) is 0 Å². The number of halogens is 3. The van der Waals surface area contributed by atoms with Gasteiger partial charge in [-0.2, -0.15) is 18.3 Å². The van der Waals surface area contributed by atoms with Crippen LogP contribution in [0.3, 0.4) is 0 Å². The molecule has 0 bridgehead atoms. The van der Waals surface area contributed by atoms with Gasteiger partial charge in [-0.15, -0.1) is 0 Å². The number of hydrogen-bond donors (Lipinski definition) is 3. The molecule has 6 rings (SSSR count). The summed E-state index contributed by atoms with van der Waals surface area (Å²) in [6.45, 7) is 0.304. The summed E-state index contributed by atoms with van der Waals surface area (Å²) in [5, 5.41) is 11.5. The van der Waals surface area contributed by atoms with E-state index in [1.54, 1.807) is 30.6 Å². The zero-order chi connectivity index (χ0) is 28.6. The van der Waals surface area contributed by atoms with Gasteiger partial charge in [-0.3, -0.25) is 15.2 Å². The summed E-state index contributed by atoms with van der Waals surface area (Å²) in [7, 11) is 0. The third-order valence-corrected chi connectivity index (χ3v) is 7.36. The number of para-hydroxylation sites is 1. The first-order valence-corrected chi connectivity index (χ1v) is 13.0. The zero-order valence-electron chi connectivity index (χ0n) is 21.7. The third-order valence-electron chi connectivity index (χ3n) is 7.36. The summed E-state index contributed by atoms with van der Waals surface area (Å²) in [5.41, 5.74) is 1.76. The van der Waals surface area contributed by atoms with E-state index in [1.165, 1.54) is 17.0 Å². The Morgan fingerprint density at radius 1 is 1.02 bits per heavy atom. The number of ether oxygens (including phenoxy) is 1. The molecule has 2 aromatic carbocycles. The molecule has 0 saturated carbocycles. The second kappa shape index (κ2) is 10.4. The number of amides is 1. The fourth-order valence-corrected chi connectivity index (χ4v) is 5.37. The standard InChI is InChI=1S/C29H25F3N6O3/c30-29(31,32)27(40)41-28(20-6-2-1-3-7-20,35-12-10-18-14-33-24-9-5-4-8-22(18)24)26(39)38-13-11-21-19(17-38)15-34-25-23(21)16-36-37-25/h1-9,14-16,33,35H,10-13,17H2,(H,34,36,37). The highest BCUT2D eigenvalue weighted by Crippen LogP contribution is 2.33. The lowest BCUT2D eigenvalue weighted by Crippen LogP contribution is -2.60. The summed E-state index contributed by atoms with van der Waals surface area (Å²) in [6.07, 6.45) is 0.541. The number of carbonyl (C=O) groups is 2. The van der Waals surface area contributed by atoms with Crippen LogP contribution in [0, 0.1) is 0 Å². The molecule has 210 valence electrons. The Labute approximate surface area is 231 Å². The maximum absolute atomic E-state index is 14.3. The second-order valence-corrected chi connectivity index (χ2v) is 9.84. The molecular formula is C29H25F3N6O3. The first kappa shape index (κ1) is 26.5. The van der Waals surface area contributed by atoms with Crippen LogP contribution in [-0.2, 0) is 39.4 Å². The van der Waals surface area contributed by atoms with Crippen LogP contribution >= 0.6 is 0 Å². The van der Waals surface area contributed by atoms with Crippen molar-refractivity contribution in [2.45, 2.75) is 31.3 Å². The molecule has 0 fully saturated rings. The number of nitrogens with one attached hydrogen (secondary N) is 3. The predicted molar refractivity (Wildman–Crippen MR) is 143 cm³/mol. The molecule has 9 nitrogen and oxygen atoms in total. The number of H-pyrrole nitrogens is 2. The number of aromatic nitrogens is 4. The van der Waals surface area contributed by atoms with Gasteiger partial charge in [0.25, 0.3) is 11.6 Å². The van der Waals surface area contributed by atoms with Gasteiger partial charge in [0.1, 0.15) is 0 Å². The van der Waals surface area contributed by atoms with Gasteiger partial charge in [0, 0.05) is 53.9 Å². The highest BCUT2D eigenvalue weighted by atomic mass is 19.4. The smallest absolute Gasteiger partial charge is 0.423 e. The van der Waals surface area contributed by atoms with Crippen molar-refractivity contribution in [2.75, 3.05) is 13.1 Å². The minimum atomic E-state index is -5.32. The first-order valence-electron chi connectivity index (χ1n) is 13.0. The van der Waals surface area contributed by atoms with Crippen LogP contribution in [0.1, 0.15) is 22.3 Å². The van der Waals surface area contributed by atoms with Crippen molar-refractivity contribution < 1.29 is 27.5 Å². The van der Waals surface area contributed by atoms with Crippen molar-refractivity contribution in [1.29, 1.82) is 0 Å². The molecule has 3 N–H and O–H groups in total. The van der Waals surface area contributed by atoms with Crippen molar-refractivity contribution >= 4 is 33.8 Å². The minimum absolute atomic E-state index is 0.0369. The lowest BCUT2D eigenvalue weighted by molar-refractivity contribution is -0.221. The average Bonchev–Trinajstić information content (AvgIpc) is 3.63. The number of rotatable bonds is 7. The fourth-order valence-electron chi connectivity index (χ4n) is 5.37. The van der Waals surface area contributed by atoms with Gasteiger partial charge in [0.15, 0.2) is 5.65 Å². The molecule has 1 amide bonds. The second-order valence-electron chi connectivity index (χ2n) is 9.84. The molecule has 0 radical (unpaired) electrons. The van der Waals surface area contributed by atoms with Gasteiger partial charge >= 0.3 is 12.1 Å². The Balaban J connectivity index is 1.36. The molecule has 1 atom stereocenters. The lowest BCUT2D eigenvalue weighted by Gasteiger charge is -2.39. The minimum Gasteiger partial charge on any atom is -0.423 e. The normalized spacial score (nSPS) is 15.0. The number of pyridine rings is 1. The molecule has 3 aromatic heterocycles. The van der Waals surface area contributed by atoms with Crippen LogP contribution in [0.15, 0.2) is 73.2 Å². The van der Waals surface area contributed by atoms with Gasteiger partial charge in [0.05, 0.1) is 6.20 Å². The van der Waals surface area contributed by atoms with Crippen LogP contribution < -0.4 is 5.32 Å². The summed E-state index contributed by atoms with van der Waals surface area (Å²) < 4.78 is 45.9. The van der Waals surface area contributed by atoms with Gasteiger partial charge in [0.2, 0.25) is 0 Å². The Bertz CT molecular complexity index is 1730. The summed E-state index contributed by atoms with van der Waals surface area (Å²) in [4.78, 5) is 35.5. The molecule has 0 spiro atoms. The SMILES string of the molecule is O=C(OC(NCCc1c[nH]c2ccccc12)(C(=O)N1CCc2c(cnc3[nH]ncc23)C1)c1ccccc1)C(F)(F)F. The van der Waals surface area contributed by atoms with Crippen LogP contribution in [0.2, 0.25) is 0 Å². The third kappa shape index (κ3) is 4.91. The van der Waals surface area contributed by atoms with Crippen LogP contribution in [-0.4, -0.2) is 56.2 Å². The van der Waals surface area contributed by atoms with Crippen molar-refractivity contribution in [3.8, 4) is 0 Å². The number of carbonyl (C=O) groups excluding carboxylic acids is 2. The molecule has 5 aromatic rings. The Morgan fingerprint density at radius 2 is 1.80 bits per heavy atom. The zero-order valence-corrected chi connectivity index (χ0v) is 21.7. The maximum atomic E-state index is 14.3. The van der Waals surface area contributed by atoms with E-state index >= 15 is 0 Å². The topological polar surface area (TPSA) is 116 Å². The molecule has 1 aliphatic rings. The predicted octanol–water partition coefficient (Wildman–Crippen LogP) is 4.11. The molecule has 1 unspecified atom stereocenters. The Morgan fingerprint density at radius 3 is 2.61 bits per heavy atom. The van der Waals surface area contributed by atoms with E-state index in [2.05, 4.69) is 25.5 Å². The molecule has 0 aliphatic carbocycles. The average molecular weight is 563 g/mol. The molecule has 12 heteroatoms. The van der Waals surface area contributed by atoms with Gasteiger partial charge < -0.3 is 14.6 Å². The summed E-state index contributed by atoms with van der Waals surface area (Å²) in [5.74, 6) is -3.27. The fraction of sp³-hybridized carbons (Fsp3) is 0.241. The molecule has 1 aliphatic heterocycles. The number of hydrogen-bond acceptors (Lipinski definition) is 6. The van der Waals surface area contributed by atoms with Crippen molar-refractivity contribution in [3.63, 3.8) is 0 Å². The van der Waals surface area contributed by atoms with E-state index in [4.69, 9.17) is 4.74 Å². The van der Waals surface area contributed by atoms with E-state index in [1.807, 2.05) is 30.5 Å². The van der Waals surface area contributed by atoms with Gasteiger partial charge in [-0.1, -0.05) is 48.5 Å². The summed E-state index contributed by atoms with van der Waals surface area (Å²) in [6, 6.07) is 15.4. The highest BCUT2D eigenvalue weighted by Gasteiger charge is 2.52. The Hall–Kier alpha value is -4.71. The van der Waals surface area contributed by atoms with E-state index < -0.39 is 23.8 Å². The van der Waals surface area contributed by atoms with Crippen LogP contribution in [0.25, 0.3) is 21.9 Å². The number of alkyl halides is 3. The summed E-state index contributed by atoms with van der Waals surface area (Å²) >= 11 is 0.